The quantitative estimate of drug-likeness (QED) is 0.459. The number of rotatable bonds is 5. The Morgan fingerprint density at radius 3 is 2.56 bits per heavy atom. The monoisotopic (exact) mass is 526 g/mol. The molecule has 1 saturated heterocycles. The SMILES string of the molecule is Cc1nc(C(=O)N2CC(F)(F)C[C@@H](C)C2CNc2ncc(C(F)(F)F)cn2)c(-c2ncccc2C)s1. The number of piperidine rings is 1. The highest BCUT2D eigenvalue weighted by atomic mass is 32.1. The Hall–Kier alpha value is -3.22. The Labute approximate surface area is 207 Å². The highest BCUT2D eigenvalue weighted by molar-refractivity contribution is 7.15. The number of hydrogen-bond acceptors (Lipinski definition) is 7. The van der Waals surface area contributed by atoms with Gasteiger partial charge in [0.2, 0.25) is 5.95 Å². The number of nitrogens with one attached hydrogen (secondary N) is 1. The first-order chi connectivity index (χ1) is 16.9. The lowest BCUT2D eigenvalue weighted by atomic mass is 9.88. The molecule has 4 heterocycles. The van der Waals surface area contributed by atoms with Crippen LogP contribution in [0.1, 0.15) is 40.0 Å². The maximum Gasteiger partial charge on any atom is 0.419 e. The standard InChI is InChI=1S/C23H23F5N6OS/c1-12-5-4-6-29-17(12)19-18(33-14(3)36-19)20(35)34-11-22(24,25)7-13(2)16(34)10-32-21-30-8-15(9-31-21)23(26,27)28/h4-6,8-9,13,16H,7,10-11H2,1-3H3,(H,30,31,32)/t13-,16?/m1/s1. The molecule has 0 saturated carbocycles. The average molecular weight is 527 g/mol. The van der Waals surface area contributed by atoms with E-state index in [0.29, 0.717) is 28.0 Å². The zero-order valence-electron chi connectivity index (χ0n) is 19.6. The van der Waals surface area contributed by atoms with Crippen LogP contribution in [0.5, 0.6) is 0 Å². The summed E-state index contributed by atoms with van der Waals surface area (Å²) in [7, 11) is 0. The van der Waals surface area contributed by atoms with Crippen molar-refractivity contribution >= 4 is 23.2 Å². The molecule has 7 nitrogen and oxygen atoms in total. The Balaban J connectivity index is 1.62. The summed E-state index contributed by atoms with van der Waals surface area (Å²) in [6.45, 7) is 4.31. The molecule has 1 aliphatic rings. The first-order valence-corrected chi connectivity index (χ1v) is 11.9. The largest absolute Gasteiger partial charge is 0.419 e. The van der Waals surface area contributed by atoms with Gasteiger partial charge in [-0.15, -0.1) is 11.3 Å². The van der Waals surface area contributed by atoms with Crippen molar-refractivity contribution in [1.82, 2.24) is 24.8 Å². The molecule has 13 heteroatoms. The Kier molecular flexibility index (Phi) is 6.95. The van der Waals surface area contributed by atoms with E-state index in [0.717, 1.165) is 10.5 Å². The normalized spacial score (nSPS) is 19.8. The molecular formula is C23H23F5N6OS. The second-order valence-corrected chi connectivity index (χ2v) is 9.99. The summed E-state index contributed by atoms with van der Waals surface area (Å²) in [5.74, 6) is -4.50. The first kappa shape index (κ1) is 25.9. The molecule has 1 fully saturated rings. The van der Waals surface area contributed by atoms with E-state index >= 15 is 0 Å². The number of hydrogen-bond donors (Lipinski definition) is 1. The zero-order valence-corrected chi connectivity index (χ0v) is 20.4. The average Bonchev–Trinajstić information content (AvgIpc) is 3.18. The maximum absolute atomic E-state index is 14.6. The number of carbonyl (C=O) groups is 1. The third-order valence-corrected chi connectivity index (χ3v) is 6.93. The summed E-state index contributed by atoms with van der Waals surface area (Å²) in [5, 5.41) is 3.38. The predicted octanol–water partition coefficient (Wildman–Crippen LogP) is 5.23. The van der Waals surface area contributed by atoms with Crippen molar-refractivity contribution in [3.05, 3.63) is 52.6 Å². The highest BCUT2D eigenvalue weighted by Crippen LogP contribution is 2.38. The van der Waals surface area contributed by atoms with E-state index in [9.17, 15) is 26.7 Å². The van der Waals surface area contributed by atoms with Crippen molar-refractivity contribution < 1.29 is 26.7 Å². The Bertz CT molecular complexity index is 1250. The number of aromatic nitrogens is 4. The number of alkyl halides is 5. The summed E-state index contributed by atoms with van der Waals surface area (Å²) >= 11 is 1.25. The Morgan fingerprint density at radius 1 is 1.22 bits per heavy atom. The molecule has 0 radical (unpaired) electrons. The molecule has 0 aliphatic carbocycles. The minimum absolute atomic E-state index is 0.0323. The first-order valence-electron chi connectivity index (χ1n) is 11.1. The number of anilines is 1. The number of nitrogens with zero attached hydrogens (tertiary/aromatic N) is 5. The van der Waals surface area contributed by atoms with Gasteiger partial charge in [-0.05, 0) is 31.4 Å². The van der Waals surface area contributed by atoms with Gasteiger partial charge in [0.25, 0.3) is 11.8 Å². The molecular weight excluding hydrogens is 503 g/mol. The lowest BCUT2D eigenvalue weighted by Gasteiger charge is -2.43. The number of thiazole rings is 1. The van der Waals surface area contributed by atoms with Crippen LogP contribution < -0.4 is 5.32 Å². The smallest absolute Gasteiger partial charge is 0.352 e. The number of amides is 1. The van der Waals surface area contributed by atoms with Crippen molar-refractivity contribution in [2.75, 3.05) is 18.4 Å². The van der Waals surface area contributed by atoms with Crippen molar-refractivity contribution in [3.63, 3.8) is 0 Å². The summed E-state index contributed by atoms with van der Waals surface area (Å²) in [6.07, 6.45) is -2.17. The summed E-state index contributed by atoms with van der Waals surface area (Å²) in [5.41, 5.74) is 0.396. The van der Waals surface area contributed by atoms with E-state index < -0.39 is 48.5 Å². The maximum atomic E-state index is 14.6. The summed E-state index contributed by atoms with van der Waals surface area (Å²) in [4.78, 5) is 31.3. The molecule has 1 N–H and O–H groups in total. The second kappa shape index (κ2) is 9.68. The molecule has 2 atom stereocenters. The molecule has 4 rings (SSSR count). The van der Waals surface area contributed by atoms with Crippen molar-refractivity contribution in [2.45, 2.75) is 45.3 Å². The van der Waals surface area contributed by atoms with Crippen LogP contribution in [0.3, 0.4) is 0 Å². The number of aryl methyl sites for hydroxylation is 2. The lowest BCUT2D eigenvalue weighted by Crippen LogP contribution is -2.57. The zero-order chi connectivity index (χ0) is 26.3. The van der Waals surface area contributed by atoms with Crippen molar-refractivity contribution in [3.8, 4) is 10.6 Å². The fourth-order valence-electron chi connectivity index (χ4n) is 4.23. The van der Waals surface area contributed by atoms with Crippen molar-refractivity contribution in [1.29, 1.82) is 0 Å². The van der Waals surface area contributed by atoms with Crippen LogP contribution >= 0.6 is 11.3 Å². The molecule has 36 heavy (non-hydrogen) atoms. The van der Waals surface area contributed by atoms with Gasteiger partial charge >= 0.3 is 6.18 Å². The van der Waals surface area contributed by atoms with Crippen LogP contribution in [0.4, 0.5) is 27.9 Å². The van der Waals surface area contributed by atoms with Crippen LogP contribution in [-0.2, 0) is 6.18 Å². The van der Waals surface area contributed by atoms with Gasteiger partial charge in [-0.2, -0.15) is 13.2 Å². The minimum atomic E-state index is -4.58. The van der Waals surface area contributed by atoms with E-state index in [4.69, 9.17) is 0 Å². The third kappa shape index (κ3) is 5.45. The van der Waals surface area contributed by atoms with Gasteiger partial charge in [-0.25, -0.2) is 23.7 Å². The van der Waals surface area contributed by atoms with Crippen LogP contribution in [-0.4, -0.2) is 55.8 Å². The number of carbonyl (C=O) groups excluding carboxylic acids is 1. The number of pyridine rings is 1. The summed E-state index contributed by atoms with van der Waals surface area (Å²) in [6, 6.07) is 2.88. The molecule has 0 spiro atoms. The summed E-state index contributed by atoms with van der Waals surface area (Å²) < 4.78 is 67.5. The molecule has 0 bridgehead atoms. The van der Waals surface area contributed by atoms with Crippen LogP contribution in [0.15, 0.2) is 30.7 Å². The predicted molar refractivity (Wildman–Crippen MR) is 124 cm³/mol. The Morgan fingerprint density at radius 2 is 1.92 bits per heavy atom. The second-order valence-electron chi connectivity index (χ2n) is 8.79. The molecule has 192 valence electrons. The van der Waals surface area contributed by atoms with Gasteiger partial charge in [0, 0.05) is 31.6 Å². The van der Waals surface area contributed by atoms with Crippen LogP contribution in [0.2, 0.25) is 0 Å². The van der Waals surface area contributed by atoms with Gasteiger partial charge in [-0.3, -0.25) is 9.78 Å². The topological polar surface area (TPSA) is 83.9 Å². The third-order valence-electron chi connectivity index (χ3n) is 5.95. The van der Waals surface area contributed by atoms with E-state index in [1.54, 1.807) is 26.1 Å². The number of likely N-dealkylation sites (tertiary alicyclic amines) is 1. The van der Waals surface area contributed by atoms with Crippen molar-refractivity contribution in [2.24, 2.45) is 5.92 Å². The van der Waals surface area contributed by atoms with Crippen LogP contribution in [0.25, 0.3) is 10.6 Å². The van der Waals surface area contributed by atoms with Gasteiger partial charge in [0.05, 0.1) is 33.7 Å². The van der Waals surface area contributed by atoms with Gasteiger partial charge in [0.15, 0.2) is 0 Å². The number of halogens is 5. The fourth-order valence-corrected chi connectivity index (χ4v) is 5.20. The fraction of sp³-hybridized carbons (Fsp3) is 0.435. The van der Waals surface area contributed by atoms with E-state index in [1.807, 2.05) is 13.0 Å². The van der Waals surface area contributed by atoms with E-state index in [2.05, 4.69) is 25.3 Å². The molecule has 1 amide bonds. The lowest BCUT2D eigenvalue weighted by molar-refractivity contribution is -0.138. The van der Waals surface area contributed by atoms with Gasteiger partial charge in [0.1, 0.15) is 5.69 Å². The highest BCUT2D eigenvalue weighted by Gasteiger charge is 2.47. The molecule has 1 aliphatic heterocycles. The van der Waals surface area contributed by atoms with E-state index in [1.165, 1.54) is 11.3 Å². The minimum Gasteiger partial charge on any atom is -0.352 e. The molecule has 0 aromatic carbocycles. The van der Waals surface area contributed by atoms with Gasteiger partial charge in [-0.1, -0.05) is 13.0 Å². The van der Waals surface area contributed by atoms with Gasteiger partial charge < -0.3 is 10.2 Å². The molecule has 3 aromatic rings. The molecule has 3 aromatic heterocycles. The van der Waals surface area contributed by atoms with E-state index in [-0.39, 0.29) is 18.2 Å². The molecule has 1 unspecified atom stereocenters. The van der Waals surface area contributed by atoms with Crippen LogP contribution in [0, 0.1) is 19.8 Å².